The van der Waals surface area contributed by atoms with Crippen molar-refractivity contribution in [2.75, 3.05) is 0 Å². The van der Waals surface area contributed by atoms with Crippen molar-refractivity contribution in [1.29, 1.82) is 0 Å². The zero-order valence-corrected chi connectivity index (χ0v) is 6.39. The monoisotopic (exact) mass is 158 g/mol. The molecule has 2 heteroatoms. The third-order valence-corrected chi connectivity index (χ3v) is 4.08. The van der Waals surface area contributed by atoms with Gasteiger partial charge in [-0.05, 0) is 37.0 Å². The van der Waals surface area contributed by atoms with Crippen molar-refractivity contribution in [3.8, 4) is 0 Å². The predicted octanol–water partition coefficient (Wildman–Crippen LogP) is 2.69. The van der Waals surface area contributed by atoms with Gasteiger partial charge in [0.1, 0.15) is 0 Å². The van der Waals surface area contributed by atoms with E-state index in [0.717, 1.165) is 12.8 Å². The number of hydrogen-bond donors (Lipinski definition) is 0. The van der Waals surface area contributed by atoms with Crippen molar-refractivity contribution < 1.29 is 8.78 Å². The number of fused-ring (bicyclic) bond motifs is 5. The Morgan fingerprint density at radius 1 is 1.09 bits per heavy atom. The lowest BCUT2D eigenvalue weighted by atomic mass is 9.63. The maximum Gasteiger partial charge on any atom is 0.251 e. The van der Waals surface area contributed by atoms with Crippen LogP contribution in [-0.2, 0) is 0 Å². The Morgan fingerprint density at radius 3 is 2.36 bits per heavy atom. The quantitative estimate of drug-likeness (QED) is 0.508. The molecule has 0 aliphatic heterocycles. The molecule has 62 valence electrons. The van der Waals surface area contributed by atoms with Gasteiger partial charge in [0.15, 0.2) is 0 Å². The Balaban J connectivity index is 1.91. The van der Waals surface area contributed by atoms with Crippen LogP contribution in [0.3, 0.4) is 0 Å². The lowest BCUT2D eigenvalue weighted by molar-refractivity contribution is -0.191. The lowest BCUT2D eigenvalue weighted by Crippen LogP contribution is -2.50. The maximum absolute atomic E-state index is 13.0. The Labute approximate surface area is 65.0 Å². The van der Waals surface area contributed by atoms with Crippen LogP contribution in [0.2, 0.25) is 0 Å². The molecule has 3 fully saturated rings. The van der Waals surface area contributed by atoms with E-state index in [0.29, 0.717) is 17.8 Å². The molecule has 0 spiro atoms. The number of rotatable bonds is 0. The summed E-state index contributed by atoms with van der Waals surface area (Å²) in [6.07, 6.45) is 3.65. The van der Waals surface area contributed by atoms with E-state index in [9.17, 15) is 8.78 Å². The molecule has 3 aliphatic rings. The summed E-state index contributed by atoms with van der Waals surface area (Å²) in [7, 11) is 0. The summed E-state index contributed by atoms with van der Waals surface area (Å²) in [4.78, 5) is 0. The zero-order chi connectivity index (χ0) is 7.64. The van der Waals surface area contributed by atoms with Crippen LogP contribution in [0.4, 0.5) is 8.78 Å². The molecule has 3 saturated carbocycles. The van der Waals surface area contributed by atoms with E-state index < -0.39 is 5.92 Å². The second-order valence-corrected chi connectivity index (χ2v) is 4.49. The van der Waals surface area contributed by atoms with Gasteiger partial charge in [-0.3, -0.25) is 0 Å². The first-order valence-electron chi connectivity index (χ1n) is 4.56. The second kappa shape index (κ2) is 1.62. The first-order chi connectivity index (χ1) is 5.18. The van der Waals surface area contributed by atoms with Gasteiger partial charge in [0.05, 0.1) is 0 Å². The third-order valence-electron chi connectivity index (χ3n) is 4.08. The molecule has 11 heavy (non-hydrogen) atoms. The van der Waals surface area contributed by atoms with Crippen LogP contribution >= 0.6 is 0 Å². The molecule has 0 aromatic rings. The number of hydrogen-bond acceptors (Lipinski definition) is 0. The average Bonchev–Trinajstić information content (AvgIpc) is 2.41. The highest BCUT2D eigenvalue weighted by atomic mass is 19.3. The van der Waals surface area contributed by atoms with Crippen molar-refractivity contribution in [3.63, 3.8) is 0 Å². The highest BCUT2D eigenvalue weighted by Crippen LogP contribution is 2.66. The standard InChI is InChI=1S/C9H12F2/c10-9(11)4-7-5-1-2-6(3-5)8(7)9/h5-8H,1-4H2. The topological polar surface area (TPSA) is 0 Å². The largest absolute Gasteiger partial charge is 0.251 e. The zero-order valence-electron chi connectivity index (χ0n) is 6.39. The predicted molar refractivity (Wildman–Crippen MR) is 37.4 cm³/mol. The van der Waals surface area contributed by atoms with Gasteiger partial charge in [-0.1, -0.05) is 0 Å². The molecule has 2 bridgehead atoms. The molecule has 0 aromatic heterocycles. The van der Waals surface area contributed by atoms with Crippen molar-refractivity contribution in [3.05, 3.63) is 0 Å². The Bertz CT molecular complexity index is 198. The fourth-order valence-corrected chi connectivity index (χ4v) is 3.65. The minimum atomic E-state index is -2.27. The van der Waals surface area contributed by atoms with Crippen LogP contribution in [0.1, 0.15) is 25.7 Å². The van der Waals surface area contributed by atoms with Crippen molar-refractivity contribution in [2.45, 2.75) is 31.6 Å². The van der Waals surface area contributed by atoms with Gasteiger partial charge in [0.2, 0.25) is 0 Å². The Hall–Kier alpha value is -0.140. The van der Waals surface area contributed by atoms with Gasteiger partial charge in [-0.2, -0.15) is 0 Å². The molecule has 3 aliphatic carbocycles. The van der Waals surface area contributed by atoms with Crippen LogP contribution in [0.5, 0.6) is 0 Å². The van der Waals surface area contributed by atoms with Gasteiger partial charge in [-0.15, -0.1) is 0 Å². The molecule has 0 saturated heterocycles. The maximum atomic E-state index is 13.0. The molecule has 0 aromatic carbocycles. The molecule has 0 heterocycles. The summed E-state index contributed by atoms with van der Waals surface area (Å²) in [5.74, 6) is -0.965. The number of halogens is 2. The highest BCUT2D eigenvalue weighted by molar-refractivity contribution is 5.09. The normalized spacial score (nSPS) is 57.3. The van der Waals surface area contributed by atoms with E-state index in [1.54, 1.807) is 0 Å². The van der Waals surface area contributed by atoms with Crippen molar-refractivity contribution in [1.82, 2.24) is 0 Å². The van der Waals surface area contributed by atoms with Crippen molar-refractivity contribution in [2.24, 2.45) is 23.7 Å². The van der Waals surface area contributed by atoms with Crippen LogP contribution < -0.4 is 0 Å². The first kappa shape index (κ1) is 6.38. The summed E-state index contributed by atoms with van der Waals surface area (Å²) in [5, 5.41) is 0. The van der Waals surface area contributed by atoms with E-state index in [2.05, 4.69) is 0 Å². The molecule has 3 rings (SSSR count). The summed E-state index contributed by atoms with van der Waals surface area (Å²) < 4.78 is 25.9. The van der Waals surface area contributed by atoms with Crippen LogP contribution in [-0.4, -0.2) is 5.92 Å². The minimum Gasteiger partial charge on any atom is -0.207 e. The molecule has 0 N–H and O–H groups in total. The molecule has 0 radical (unpaired) electrons. The minimum absolute atomic E-state index is 0.193. The molecular weight excluding hydrogens is 146 g/mol. The summed E-state index contributed by atoms with van der Waals surface area (Å²) in [6.45, 7) is 0. The van der Waals surface area contributed by atoms with Gasteiger partial charge in [0.25, 0.3) is 5.92 Å². The van der Waals surface area contributed by atoms with E-state index in [4.69, 9.17) is 0 Å². The van der Waals surface area contributed by atoms with E-state index >= 15 is 0 Å². The first-order valence-corrected chi connectivity index (χ1v) is 4.56. The van der Waals surface area contributed by atoms with Gasteiger partial charge in [0, 0.05) is 12.3 Å². The fourth-order valence-electron chi connectivity index (χ4n) is 3.65. The smallest absolute Gasteiger partial charge is 0.207 e. The molecule has 4 atom stereocenters. The molecular formula is C9H12F2. The highest BCUT2D eigenvalue weighted by Gasteiger charge is 2.66. The summed E-state index contributed by atoms with van der Waals surface area (Å²) in [5.41, 5.74) is 0. The Morgan fingerprint density at radius 2 is 1.82 bits per heavy atom. The Kier molecular flexibility index (Phi) is 0.940. The van der Waals surface area contributed by atoms with Crippen LogP contribution in [0.25, 0.3) is 0 Å². The second-order valence-electron chi connectivity index (χ2n) is 4.49. The van der Waals surface area contributed by atoms with Crippen molar-refractivity contribution >= 4 is 0 Å². The van der Waals surface area contributed by atoms with Gasteiger partial charge >= 0.3 is 0 Å². The average molecular weight is 158 g/mol. The summed E-state index contributed by atoms with van der Waals surface area (Å²) >= 11 is 0. The van der Waals surface area contributed by atoms with Gasteiger partial charge in [-0.25, -0.2) is 8.78 Å². The summed E-state index contributed by atoms with van der Waals surface area (Å²) in [6, 6.07) is 0. The van der Waals surface area contributed by atoms with E-state index in [-0.39, 0.29) is 12.3 Å². The van der Waals surface area contributed by atoms with E-state index in [1.165, 1.54) is 6.42 Å². The SMILES string of the molecule is FC1(F)CC2C3CCC(C3)C21. The molecule has 4 unspecified atom stereocenters. The van der Waals surface area contributed by atoms with Gasteiger partial charge < -0.3 is 0 Å². The third kappa shape index (κ3) is 0.600. The molecule has 0 amide bonds. The van der Waals surface area contributed by atoms with E-state index in [1.807, 2.05) is 0 Å². The van der Waals surface area contributed by atoms with Crippen LogP contribution in [0, 0.1) is 23.7 Å². The fraction of sp³-hybridized carbons (Fsp3) is 1.00. The molecule has 0 nitrogen and oxygen atoms in total. The van der Waals surface area contributed by atoms with Crippen LogP contribution in [0.15, 0.2) is 0 Å². The lowest BCUT2D eigenvalue weighted by Gasteiger charge is -2.47. The number of alkyl halides is 2.